The Balaban J connectivity index is 2.49. The molecule has 4 nitrogen and oxygen atoms in total. The first-order chi connectivity index (χ1) is 6.65. The topological polar surface area (TPSA) is 53.3 Å². The fourth-order valence-corrected chi connectivity index (χ4v) is 1.38. The Morgan fingerprint density at radius 2 is 2.36 bits per heavy atom. The summed E-state index contributed by atoms with van der Waals surface area (Å²) in [6, 6.07) is 2.23. The third-order valence-electron chi connectivity index (χ3n) is 2.47. The number of hydrogen-bond acceptors (Lipinski definition) is 3. The van der Waals surface area contributed by atoms with Crippen LogP contribution in [0.25, 0.3) is 0 Å². The molecule has 1 atom stereocenters. The van der Waals surface area contributed by atoms with E-state index >= 15 is 0 Å². The van der Waals surface area contributed by atoms with Crippen molar-refractivity contribution in [1.82, 2.24) is 4.90 Å². The van der Waals surface area contributed by atoms with Gasteiger partial charge in [0.15, 0.2) is 0 Å². The standard InChI is InChI=1S/C10H16N2O2/c1-8(2)9(5-11)6-12-3-4-14-7-10(12)13/h8-9H,3-4,6-7H2,1-2H3. The van der Waals surface area contributed by atoms with Crippen LogP contribution in [0.2, 0.25) is 0 Å². The highest BCUT2D eigenvalue weighted by Crippen LogP contribution is 2.12. The minimum atomic E-state index is -0.0722. The van der Waals surface area contributed by atoms with Crippen molar-refractivity contribution in [3.8, 4) is 6.07 Å². The molecule has 0 aromatic rings. The molecule has 1 fully saturated rings. The quantitative estimate of drug-likeness (QED) is 0.665. The number of carbonyl (C=O) groups excluding carboxylic acids is 1. The summed E-state index contributed by atoms with van der Waals surface area (Å²) < 4.78 is 5.01. The molecule has 78 valence electrons. The Morgan fingerprint density at radius 1 is 1.64 bits per heavy atom. The van der Waals surface area contributed by atoms with Crippen LogP contribution in [0.15, 0.2) is 0 Å². The first-order valence-electron chi connectivity index (χ1n) is 4.90. The van der Waals surface area contributed by atoms with Gasteiger partial charge in [0.25, 0.3) is 0 Å². The highest BCUT2D eigenvalue weighted by molar-refractivity contribution is 5.78. The van der Waals surface area contributed by atoms with E-state index in [2.05, 4.69) is 6.07 Å². The summed E-state index contributed by atoms with van der Waals surface area (Å²) in [5.74, 6) is 0.213. The molecule has 0 radical (unpaired) electrons. The first-order valence-corrected chi connectivity index (χ1v) is 4.90. The van der Waals surface area contributed by atoms with Crippen molar-refractivity contribution in [3.05, 3.63) is 0 Å². The highest BCUT2D eigenvalue weighted by Gasteiger charge is 2.23. The van der Waals surface area contributed by atoms with Gasteiger partial charge in [0.2, 0.25) is 5.91 Å². The molecule has 1 aliphatic rings. The Morgan fingerprint density at radius 3 is 2.86 bits per heavy atom. The highest BCUT2D eigenvalue weighted by atomic mass is 16.5. The summed E-state index contributed by atoms with van der Waals surface area (Å²) in [5.41, 5.74) is 0. The molecule has 1 rings (SSSR count). The third-order valence-corrected chi connectivity index (χ3v) is 2.47. The van der Waals surface area contributed by atoms with E-state index < -0.39 is 0 Å². The van der Waals surface area contributed by atoms with Gasteiger partial charge in [-0.25, -0.2) is 0 Å². The van der Waals surface area contributed by atoms with Gasteiger partial charge < -0.3 is 9.64 Å². The Kier molecular flexibility index (Phi) is 3.90. The Hall–Kier alpha value is -1.08. The van der Waals surface area contributed by atoms with Gasteiger partial charge in [-0.1, -0.05) is 13.8 Å². The van der Waals surface area contributed by atoms with Gasteiger partial charge in [-0.3, -0.25) is 4.79 Å². The molecule has 1 unspecified atom stereocenters. The van der Waals surface area contributed by atoms with Crippen LogP contribution >= 0.6 is 0 Å². The molecular formula is C10H16N2O2. The summed E-state index contributed by atoms with van der Waals surface area (Å²) >= 11 is 0. The number of ether oxygens (including phenoxy) is 1. The number of rotatable bonds is 3. The number of nitrogens with zero attached hydrogens (tertiary/aromatic N) is 2. The SMILES string of the molecule is CC(C)C(C#N)CN1CCOCC1=O. The Labute approximate surface area is 84.4 Å². The number of morpholine rings is 1. The average molecular weight is 196 g/mol. The van der Waals surface area contributed by atoms with Gasteiger partial charge in [-0.15, -0.1) is 0 Å². The summed E-state index contributed by atoms with van der Waals surface area (Å²) in [6.45, 7) is 5.90. The van der Waals surface area contributed by atoms with E-state index in [1.807, 2.05) is 13.8 Å². The largest absolute Gasteiger partial charge is 0.370 e. The van der Waals surface area contributed by atoms with E-state index in [1.54, 1.807) is 4.90 Å². The van der Waals surface area contributed by atoms with Crippen LogP contribution in [0.5, 0.6) is 0 Å². The average Bonchev–Trinajstić information content (AvgIpc) is 2.16. The lowest BCUT2D eigenvalue weighted by Crippen LogP contribution is -2.44. The van der Waals surface area contributed by atoms with Gasteiger partial charge in [0.05, 0.1) is 18.6 Å². The van der Waals surface area contributed by atoms with Crippen molar-refractivity contribution in [2.45, 2.75) is 13.8 Å². The molecule has 1 amide bonds. The van der Waals surface area contributed by atoms with Crippen LogP contribution in [0.3, 0.4) is 0 Å². The van der Waals surface area contributed by atoms with Crippen LogP contribution in [0.1, 0.15) is 13.8 Å². The van der Waals surface area contributed by atoms with Crippen LogP contribution in [0, 0.1) is 23.2 Å². The third kappa shape index (κ3) is 2.71. The van der Waals surface area contributed by atoms with Crippen molar-refractivity contribution in [1.29, 1.82) is 5.26 Å². The van der Waals surface area contributed by atoms with Gasteiger partial charge in [0.1, 0.15) is 6.61 Å². The normalized spacial score (nSPS) is 19.6. The number of hydrogen-bond donors (Lipinski definition) is 0. The maximum Gasteiger partial charge on any atom is 0.248 e. The van der Waals surface area contributed by atoms with Crippen molar-refractivity contribution in [3.63, 3.8) is 0 Å². The lowest BCUT2D eigenvalue weighted by molar-refractivity contribution is -0.143. The second-order valence-corrected chi connectivity index (χ2v) is 3.87. The van der Waals surface area contributed by atoms with Crippen LogP contribution < -0.4 is 0 Å². The molecule has 1 aliphatic heterocycles. The molecule has 0 saturated carbocycles. The van der Waals surface area contributed by atoms with Gasteiger partial charge in [-0.05, 0) is 5.92 Å². The zero-order valence-corrected chi connectivity index (χ0v) is 8.69. The van der Waals surface area contributed by atoms with E-state index in [-0.39, 0.29) is 24.3 Å². The van der Waals surface area contributed by atoms with Gasteiger partial charge in [0, 0.05) is 13.1 Å². The van der Waals surface area contributed by atoms with Crippen molar-refractivity contribution in [2.75, 3.05) is 26.3 Å². The monoisotopic (exact) mass is 196 g/mol. The molecule has 0 aliphatic carbocycles. The molecule has 0 aromatic heterocycles. The van der Waals surface area contributed by atoms with Crippen molar-refractivity contribution < 1.29 is 9.53 Å². The maximum atomic E-state index is 11.4. The molecule has 0 spiro atoms. The maximum absolute atomic E-state index is 11.4. The summed E-state index contributed by atoms with van der Waals surface area (Å²) in [5, 5.41) is 8.89. The van der Waals surface area contributed by atoms with Crippen LogP contribution in [-0.4, -0.2) is 37.1 Å². The van der Waals surface area contributed by atoms with Crippen molar-refractivity contribution in [2.24, 2.45) is 11.8 Å². The first kappa shape index (κ1) is 11.0. The lowest BCUT2D eigenvalue weighted by atomic mass is 9.97. The molecule has 0 N–H and O–H groups in total. The smallest absolute Gasteiger partial charge is 0.248 e. The predicted molar refractivity (Wildman–Crippen MR) is 51.3 cm³/mol. The summed E-state index contributed by atoms with van der Waals surface area (Å²) in [6.07, 6.45) is 0. The number of carbonyl (C=O) groups is 1. The molecule has 0 aromatic carbocycles. The second-order valence-electron chi connectivity index (χ2n) is 3.87. The van der Waals surface area contributed by atoms with Gasteiger partial charge >= 0.3 is 0 Å². The van der Waals surface area contributed by atoms with E-state index in [0.717, 1.165) is 0 Å². The molecule has 0 bridgehead atoms. The van der Waals surface area contributed by atoms with E-state index in [0.29, 0.717) is 19.7 Å². The van der Waals surface area contributed by atoms with Crippen molar-refractivity contribution >= 4 is 5.91 Å². The van der Waals surface area contributed by atoms with Gasteiger partial charge in [-0.2, -0.15) is 5.26 Å². The second kappa shape index (κ2) is 4.97. The molecule has 1 saturated heterocycles. The molecule has 14 heavy (non-hydrogen) atoms. The fraction of sp³-hybridized carbons (Fsp3) is 0.800. The minimum absolute atomic E-state index is 0.00264. The van der Waals surface area contributed by atoms with E-state index in [9.17, 15) is 4.79 Å². The lowest BCUT2D eigenvalue weighted by Gasteiger charge is -2.29. The fourth-order valence-electron chi connectivity index (χ4n) is 1.38. The Bertz CT molecular complexity index is 245. The number of nitriles is 1. The van der Waals surface area contributed by atoms with E-state index in [4.69, 9.17) is 10.00 Å². The summed E-state index contributed by atoms with van der Waals surface area (Å²) in [4.78, 5) is 13.1. The predicted octanol–water partition coefficient (Wildman–Crippen LogP) is 0.641. The molecule has 1 heterocycles. The van der Waals surface area contributed by atoms with E-state index in [1.165, 1.54) is 0 Å². The molecule has 4 heteroatoms. The minimum Gasteiger partial charge on any atom is -0.370 e. The zero-order valence-electron chi connectivity index (χ0n) is 8.69. The molecular weight excluding hydrogens is 180 g/mol. The number of amides is 1. The summed E-state index contributed by atoms with van der Waals surface area (Å²) in [7, 11) is 0. The zero-order chi connectivity index (χ0) is 10.6. The van der Waals surface area contributed by atoms with Crippen LogP contribution in [-0.2, 0) is 9.53 Å². The van der Waals surface area contributed by atoms with Crippen LogP contribution in [0.4, 0.5) is 0 Å².